The van der Waals surface area contributed by atoms with Gasteiger partial charge in [0.2, 0.25) is 0 Å². The number of carbonyl (C=O) groups excluding carboxylic acids is 2. The molecule has 0 heterocycles. The smallest absolute Gasteiger partial charge is 0.338 e. The molecule has 25 heavy (non-hydrogen) atoms. The zero-order valence-electron chi connectivity index (χ0n) is 15.1. The van der Waals surface area contributed by atoms with Crippen LogP contribution < -0.4 is 5.32 Å². The largest absolute Gasteiger partial charge is 0.458 e. The third kappa shape index (κ3) is 2.82. The van der Waals surface area contributed by atoms with Crippen molar-refractivity contribution in [3.63, 3.8) is 0 Å². The second kappa shape index (κ2) is 6.22. The Morgan fingerprint density at radius 3 is 2.64 bits per heavy atom. The summed E-state index contributed by atoms with van der Waals surface area (Å²) in [5, 5.41) is 2.60. The average Bonchev–Trinajstić information content (AvgIpc) is 2.93. The summed E-state index contributed by atoms with van der Waals surface area (Å²) in [6.45, 7) is 6.97. The topological polar surface area (TPSA) is 55.4 Å². The molecule has 2 bridgehead atoms. The van der Waals surface area contributed by atoms with Gasteiger partial charge in [0.1, 0.15) is 6.10 Å². The highest BCUT2D eigenvalue weighted by atomic mass is 16.5. The van der Waals surface area contributed by atoms with Crippen LogP contribution in [0.2, 0.25) is 0 Å². The van der Waals surface area contributed by atoms with Crippen molar-refractivity contribution in [1.29, 1.82) is 0 Å². The van der Waals surface area contributed by atoms with Gasteiger partial charge in [-0.15, -0.1) is 6.42 Å². The summed E-state index contributed by atoms with van der Waals surface area (Å²) in [6.07, 6.45) is 8.32. The minimum Gasteiger partial charge on any atom is -0.458 e. The van der Waals surface area contributed by atoms with E-state index < -0.39 is 0 Å². The van der Waals surface area contributed by atoms with Crippen LogP contribution in [-0.2, 0) is 4.74 Å². The number of esters is 1. The molecule has 132 valence electrons. The maximum atomic E-state index is 12.6. The van der Waals surface area contributed by atoms with E-state index in [9.17, 15) is 9.59 Å². The van der Waals surface area contributed by atoms with Crippen molar-refractivity contribution < 1.29 is 14.3 Å². The van der Waals surface area contributed by atoms with E-state index in [1.165, 1.54) is 6.42 Å². The molecule has 1 aromatic rings. The van der Waals surface area contributed by atoms with Crippen molar-refractivity contribution in [3.8, 4) is 12.3 Å². The van der Waals surface area contributed by atoms with Gasteiger partial charge in [-0.1, -0.05) is 32.8 Å². The minimum atomic E-state index is -0.360. The van der Waals surface area contributed by atoms with Crippen molar-refractivity contribution >= 4 is 11.9 Å². The number of nitrogens with one attached hydrogen (secondary N) is 1. The van der Waals surface area contributed by atoms with Crippen molar-refractivity contribution in [2.75, 3.05) is 6.54 Å². The van der Waals surface area contributed by atoms with E-state index in [1.807, 2.05) is 0 Å². The van der Waals surface area contributed by atoms with Gasteiger partial charge < -0.3 is 10.1 Å². The van der Waals surface area contributed by atoms with Crippen LogP contribution in [0.25, 0.3) is 0 Å². The normalized spacial score (nSPS) is 29.0. The molecule has 4 heteroatoms. The van der Waals surface area contributed by atoms with Crippen LogP contribution in [0.15, 0.2) is 24.3 Å². The molecule has 0 aliphatic heterocycles. The third-order valence-electron chi connectivity index (χ3n) is 6.67. The molecular formula is C21H25NO3. The van der Waals surface area contributed by atoms with Crippen LogP contribution in [0.5, 0.6) is 0 Å². The van der Waals surface area contributed by atoms with Crippen LogP contribution in [-0.4, -0.2) is 24.5 Å². The first-order valence-corrected chi connectivity index (χ1v) is 8.82. The van der Waals surface area contributed by atoms with Crippen LogP contribution in [0.1, 0.15) is 60.7 Å². The fourth-order valence-corrected chi connectivity index (χ4v) is 4.53. The summed E-state index contributed by atoms with van der Waals surface area (Å²) in [7, 11) is 0. The first-order valence-electron chi connectivity index (χ1n) is 8.82. The molecule has 2 fully saturated rings. The fourth-order valence-electron chi connectivity index (χ4n) is 4.53. The molecule has 0 saturated heterocycles. The SMILES string of the molecule is C#CCNC(=O)c1cccc(C(=O)O[C@H]2C[C@@H]3CC[C@@]2(C)C3(C)C)c1. The maximum Gasteiger partial charge on any atom is 0.338 e. The molecule has 2 saturated carbocycles. The van der Waals surface area contributed by atoms with Gasteiger partial charge in [-0.25, -0.2) is 4.79 Å². The lowest BCUT2D eigenvalue weighted by atomic mass is 9.70. The standard InChI is InChI=1S/C21H25NO3/c1-5-11-22-18(23)14-7-6-8-15(12-14)19(24)25-17-13-16-9-10-21(17,4)20(16,2)3/h1,6-8,12,16-17H,9-11,13H2,2-4H3,(H,22,23)/t16-,17-,21+/m0/s1. The van der Waals surface area contributed by atoms with Gasteiger partial charge in [0.05, 0.1) is 12.1 Å². The predicted octanol–water partition coefficient (Wildman–Crippen LogP) is 3.42. The summed E-state index contributed by atoms with van der Waals surface area (Å²) in [6, 6.07) is 6.59. The maximum absolute atomic E-state index is 12.6. The summed E-state index contributed by atoms with van der Waals surface area (Å²) in [4.78, 5) is 24.6. The lowest BCUT2D eigenvalue weighted by Crippen LogP contribution is -2.38. The van der Waals surface area contributed by atoms with Crippen molar-refractivity contribution in [2.45, 2.75) is 46.1 Å². The third-order valence-corrected chi connectivity index (χ3v) is 6.67. The lowest BCUT2D eigenvalue weighted by Gasteiger charge is -2.38. The second-order valence-corrected chi connectivity index (χ2v) is 7.97. The quantitative estimate of drug-likeness (QED) is 0.675. The molecule has 0 radical (unpaired) electrons. The van der Waals surface area contributed by atoms with E-state index in [1.54, 1.807) is 24.3 Å². The minimum absolute atomic E-state index is 0.0229. The Bertz CT molecular complexity index is 746. The molecule has 0 aromatic heterocycles. The molecule has 1 N–H and O–H groups in total. The lowest BCUT2D eigenvalue weighted by molar-refractivity contribution is -0.0242. The van der Waals surface area contributed by atoms with Gasteiger partial charge >= 0.3 is 5.97 Å². The monoisotopic (exact) mass is 339 g/mol. The van der Waals surface area contributed by atoms with Crippen molar-refractivity contribution in [3.05, 3.63) is 35.4 Å². The van der Waals surface area contributed by atoms with E-state index in [2.05, 4.69) is 32.0 Å². The highest BCUT2D eigenvalue weighted by Crippen LogP contribution is 2.66. The molecule has 1 amide bonds. The zero-order chi connectivity index (χ0) is 18.2. The summed E-state index contributed by atoms with van der Waals surface area (Å²) >= 11 is 0. The Hall–Kier alpha value is -2.28. The van der Waals surface area contributed by atoms with Gasteiger partial charge in [-0.3, -0.25) is 4.79 Å². The highest BCUT2D eigenvalue weighted by Gasteiger charge is 2.62. The molecule has 4 nitrogen and oxygen atoms in total. The van der Waals surface area contributed by atoms with Crippen LogP contribution in [0.3, 0.4) is 0 Å². The number of carbonyl (C=O) groups is 2. The number of fused-ring (bicyclic) bond motifs is 2. The van der Waals surface area contributed by atoms with Crippen LogP contribution in [0, 0.1) is 29.1 Å². The highest BCUT2D eigenvalue weighted by molar-refractivity contribution is 5.98. The van der Waals surface area contributed by atoms with Gasteiger partial charge in [0.25, 0.3) is 5.91 Å². The van der Waals surface area contributed by atoms with E-state index in [-0.39, 0.29) is 35.4 Å². The Labute approximate surface area is 149 Å². The molecule has 0 unspecified atom stereocenters. The fraction of sp³-hybridized carbons (Fsp3) is 0.524. The molecule has 1 aromatic carbocycles. The second-order valence-electron chi connectivity index (χ2n) is 7.97. The first kappa shape index (κ1) is 17.5. The van der Waals surface area contributed by atoms with Crippen molar-refractivity contribution in [2.24, 2.45) is 16.7 Å². The first-order chi connectivity index (χ1) is 11.8. The Morgan fingerprint density at radius 2 is 2.04 bits per heavy atom. The Kier molecular flexibility index (Phi) is 4.36. The van der Waals surface area contributed by atoms with Gasteiger partial charge in [-0.2, -0.15) is 0 Å². The predicted molar refractivity (Wildman–Crippen MR) is 96.0 cm³/mol. The van der Waals surface area contributed by atoms with E-state index >= 15 is 0 Å². The number of benzene rings is 1. The molecular weight excluding hydrogens is 314 g/mol. The number of hydrogen-bond donors (Lipinski definition) is 1. The average molecular weight is 339 g/mol. The summed E-state index contributed by atoms with van der Waals surface area (Å²) in [5.41, 5.74) is 1.02. The Morgan fingerprint density at radius 1 is 1.32 bits per heavy atom. The van der Waals surface area contributed by atoms with Crippen LogP contribution in [0.4, 0.5) is 0 Å². The van der Waals surface area contributed by atoms with Gasteiger partial charge in [0.15, 0.2) is 0 Å². The number of rotatable bonds is 4. The van der Waals surface area contributed by atoms with E-state index in [0.717, 1.165) is 12.8 Å². The number of amides is 1. The van der Waals surface area contributed by atoms with Crippen LogP contribution >= 0.6 is 0 Å². The molecule has 2 aliphatic carbocycles. The van der Waals surface area contributed by atoms with Gasteiger partial charge in [0, 0.05) is 11.0 Å². The molecule has 3 atom stereocenters. The molecule has 2 aliphatic rings. The molecule has 0 spiro atoms. The molecule has 3 rings (SSSR count). The zero-order valence-corrected chi connectivity index (χ0v) is 15.1. The van der Waals surface area contributed by atoms with Gasteiger partial charge in [-0.05, 0) is 48.8 Å². The van der Waals surface area contributed by atoms with E-state index in [0.29, 0.717) is 17.0 Å². The van der Waals surface area contributed by atoms with Crippen molar-refractivity contribution in [1.82, 2.24) is 5.32 Å². The van der Waals surface area contributed by atoms with E-state index in [4.69, 9.17) is 11.2 Å². The number of ether oxygens (including phenoxy) is 1. The summed E-state index contributed by atoms with van der Waals surface area (Å²) in [5.74, 6) is 2.31. The summed E-state index contributed by atoms with van der Waals surface area (Å²) < 4.78 is 5.88. The number of terminal acetylenes is 1. The Balaban J connectivity index is 1.73. The number of hydrogen-bond acceptors (Lipinski definition) is 3.